The summed E-state index contributed by atoms with van der Waals surface area (Å²) in [4.78, 5) is 12.2. The van der Waals surface area contributed by atoms with E-state index in [4.69, 9.17) is 4.74 Å². The summed E-state index contributed by atoms with van der Waals surface area (Å²) < 4.78 is 31.2. The van der Waals surface area contributed by atoms with E-state index in [2.05, 4.69) is 10.6 Å². The molecule has 24 heavy (non-hydrogen) atoms. The maximum absolute atomic E-state index is 12.5. The first kappa shape index (κ1) is 18.8. The third kappa shape index (κ3) is 4.74. The predicted octanol–water partition coefficient (Wildman–Crippen LogP) is -0.982. The highest BCUT2D eigenvalue weighted by Gasteiger charge is 2.25. The quantitative estimate of drug-likeness (QED) is 0.579. The van der Waals surface area contributed by atoms with Crippen molar-refractivity contribution in [1.82, 2.24) is 14.9 Å². The highest BCUT2D eigenvalue weighted by molar-refractivity contribution is 7.89. The zero-order chi connectivity index (χ0) is 17.6. The van der Waals surface area contributed by atoms with Gasteiger partial charge in [-0.1, -0.05) is 0 Å². The summed E-state index contributed by atoms with van der Waals surface area (Å²) in [6.07, 6.45) is -0.786. The van der Waals surface area contributed by atoms with Crippen LogP contribution in [0.25, 0.3) is 0 Å². The van der Waals surface area contributed by atoms with Crippen LogP contribution in [0.2, 0.25) is 0 Å². The molecule has 1 aromatic rings. The zero-order valence-corrected chi connectivity index (χ0v) is 14.4. The molecule has 1 heterocycles. The molecule has 0 aromatic heterocycles. The number of benzene rings is 1. The monoisotopic (exact) mass is 357 g/mol. The van der Waals surface area contributed by atoms with E-state index in [0.29, 0.717) is 31.7 Å². The molecule has 1 aliphatic heterocycles. The van der Waals surface area contributed by atoms with Crippen LogP contribution in [-0.2, 0) is 14.8 Å². The van der Waals surface area contributed by atoms with Gasteiger partial charge in [-0.15, -0.1) is 0 Å². The lowest BCUT2D eigenvalue weighted by atomic mass is 10.2. The summed E-state index contributed by atoms with van der Waals surface area (Å²) in [7, 11) is -2.07. The van der Waals surface area contributed by atoms with Gasteiger partial charge >= 0.3 is 0 Å². The number of rotatable bonds is 7. The molecule has 1 fully saturated rings. The fraction of sp³-hybridized carbons (Fsp3) is 0.533. The predicted molar refractivity (Wildman–Crippen MR) is 88.3 cm³/mol. The standard InChI is InChI=1S/C15H23N3O5S/c1-23-11-13(19)10-17-15(20)12-2-4-14(5-3-12)24(21,22)18-8-6-16-7-9-18/h2-5,13,16,19H,6-11H2,1H3,(H,17,20)/t13-/m1/s1. The summed E-state index contributed by atoms with van der Waals surface area (Å²) in [5, 5.41) is 15.2. The smallest absolute Gasteiger partial charge is 0.251 e. The number of hydrogen-bond donors (Lipinski definition) is 3. The minimum absolute atomic E-state index is 0.0630. The van der Waals surface area contributed by atoms with Gasteiger partial charge in [0.1, 0.15) is 0 Å². The maximum Gasteiger partial charge on any atom is 0.251 e. The highest BCUT2D eigenvalue weighted by atomic mass is 32.2. The van der Waals surface area contributed by atoms with Crippen LogP contribution in [0.15, 0.2) is 29.2 Å². The van der Waals surface area contributed by atoms with E-state index >= 15 is 0 Å². The minimum Gasteiger partial charge on any atom is -0.389 e. The van der Waals surface area contributed by atoms with Crippen LogP contribution in [0.4, 0.5) is 0 Å². The van der Waals surface area contributed by atoms with E-state index in [1.165, 1.54) is 35.7 Å². The second kappa shape index (κ2) is 8.54. The first-order chi connectivity index (χ1) is 11.4. The van der Waals surface area contributed by atoms with Crippen LogP contribution in [0, 0.1) is 0 Å². The second-order valence-electron chi connectivity index (χ2n) is 5.50. The van der Waals surface area contributed by atoms with E-state index in [9.17, 15) is 18.3 Å². The van der Waals surface area contributed by atoms with Gasteiger partial charge in [0, 0.05) is 45.4 Å². The van der Waals surface area contributed by atoms with E-state index in [-0.39, 0.29) is 24.0 Å². The number of nitrogens with one attached hydrogen (secondary N) is 2. The summed E-state index contributed by atoms with van der Waals surface area (Å²) in [5.74, 6) is -0.378. The Morgan fingerprint density at radius 1 is 1.33 bits per heavy atom. The molecule has 2 rings (SSSR count). The van der Waals surface area contributed by atoms with Crippen LogP contribution in [0.5, 0.6) is 0 Å². The number of carbonyl (C=O) groups is 1. The van der Waals surface area contributed by atoms with Gasteiger partial charge in [0.15, 0.2) is 0 Å². The van der Waals surface area contributed by atoms with E-state index in [1.807, 2.05) is 0 Å². The molecule has 0 spiro atoms. The number of hydrogen-bond acceptors (Lipinski definition) is 6. The Hall–Kier alpha value is -1.52. The number of aliphatic hydroxyl groups excluding tert-OH is 1. The summed E-state index contributed by atoms with van der Waals surface area (Å²) >= 11 is 0. The molecular weight excluding hydrogens is 334 g/mol. The van der Waals surface area contributed by atoms with Crippen molar-refractivity contribution >= 4 is 15.9 Å². The molecule has 1 saturated heterocycles. The zero-order valence-electron chi connectivity index (χ0n) is 13.6. The number of piperazine rings is 1. The van der Waals surface area contributed by atoms with Gasteiger partial charge in [0.2, 0.25) is 10.0 Å². The summed E-state index contributed by atoms with van der Waals surface area (Å²) in [6, 6.07) is 5.79. The summed E-state index contributed by atoms with van der Waals surface area (Å²) in [6.45, 7) is 2.31. The molecule has 3 N–H and O–H groups in total. The fourth-order valence-electron chi connectivity index (χ4n) is 2.38. The molecule has 1 atom stereocenters. The molecule has 1 aromatic carbocycles. The van der Waals surface area contributed by atoms with Gasteiger partial charge in [0.05, 0.1) is 17.6 Å². The molecule has 1 amide bonds. The molecule has 134 valence electrons. The maximum atomic E-state index is 12.5. The van der Waals surface area contributed by atoms with Gasteiger partial charge in [0.25, 0.3) is 5.91 Å². The normalized spacial score (nSPS) is 17.4. The number of nitrogens with zero attached hydrogens (tertiary/aromatic N) is 1. The minimum atomic E-state index is -3.53. The van der Waals surface area contributed by atoms with Crippen molar-refractivity contribution in [2.24, 2.45) is 0 Å². The molecule has 0 saturated carbocycles. The lowest BCUT2D eigenvalue weighted by molar-refractivity contribution is 0.0610. The molecule has 0 unspecified atom stereocenters. The number of ether oxygens (including phenoxy) is 1. The van der Waals surface area contributed by atoms with Crippen molar-refractivity contribution in [3.63, 3.8) is 0 Å². The number of sulfonamides is 1. The van der Waals surface area contributed by atoms with Gasteiger partial charge in [-0.05, 0) is 24.3 Å². The molecule has 0 radical (unpaired) electrons. The van der Waals surface area contributed by atoms with Crippen LogP contribution < -0.4 is 10.6 Å². The van der Waals surface area contributed by atoms with Crippen molar-refractivity contribution in [3.05, 3.63) is 29.8 Å². The van der Waals surface area contributed by atoms with Gasteiger partial charge < -0.3 is 20.5 Å². The SMILES string of the molecule is COC[C@H](O)CNC(=O)c1ccc(S(=O)(=O)N2CCNCC2)cc1. The highest BCUT2D eigenvalue weighted by Crippen LogP contribution is 2.17. The average molecular weight is 357 g/mol. The molecule has 8 nitrogen and oxygen atoms in total. The van der Waals surface area contributed by atoms with Crippen molar-refractivity contribution in [1.29, 1.82) is 0 Å². The van der Waals surface area contributed by atoms with Crippen molar-refractivity contribution in [2.45, 2.75) is 11.0 Å². The molecule has 0 bridgehead atoms. The number of methoxy groups -OCH3 is 1. The van der Waals surface area contributed by atoms with E-state index in [0.717, 1.165) is 0 Å². The first-order valence-corrected chi connectivity index (χ1v) is 9.15. The first-order valence-electron chi connectivity index (χ1n) is 7.71. The van der Waals surface area contributed by atoms with E-state index < -0.39 is 16.1 Å². The molecule has 0 aliphatic carbocycles. The Kier molecular flexibility index (Phi) is 6.69. The lowest BCUT2D eigenvalue weighted by Crippen LogP contribution is -2.46. The molecule has 9 heteroatoms. The third-order valence-electron chi connectivity index (χ3n) is 3.69. The third-order valence-corrected chi connectivity index (χ3v) is 5.60. The van der Waals surface area contributed by atoms with Crippen molar-refractivity contribution in [2.75, 3.05) is 46.4 Å². The van der Waals surface area contributed by atoms with Crippen LogP contribution in [0.3, 0.4) is 0 Å². The molecule has 1 aliphatic rings. The fourth-order valence-corrected chi connectivity index (χ4v) is 3.82. The van der Waals surface area contributed by atoms with Crippen LogP contribution in [0.1, 0.15) is 10.4 Å². The Balaban J connectivity index is 2.00. The molecular formula is C15H23N3O5S. The second-order valence-corrected chi connectivity index (χ2v) is 7.44. The van der Waals surface area contributed by atoms with Crippen molar-refractivity contribution < 1.29 is 23.1 Å². The Morgan fingerprint density at radius 3 is 2.54 bits per heavy atom. The van der Waals surface area contributed by atoms with E-state index in [1.54, 1.807) is 0 Å². The van der Waals surface area contributed by atoms with Crippen LogP contribution >= 0.6 is 0 Å². The largest absolute Gasteiger partial charge is 0.389 e. The number of amides is 1. The average Bonchev–Trinajstić information content (AvgIpc) is 2.61. The Bertz CT molecular complexity index is 642. The number of carbonyl (C=O) groups excluding carboxylic acids is 1. The van der Waals surface area contributed by atoms with Crippen molar-refractivity contribution in [3.8, 4) is 0 Å². The van der Waals surface area contributed by atoms with Crippen LogP contribution in [-0.4, -0.2) is 76.3 Å². The van der Waals surface area contributed by atoms with Gasteiger partial charge in [-0.3, -0.25) is 4.79 Å². The van der Waals surface area contributed by atoms with Gasteiger partial charge in [-0.25, -0.2) is 8.42 Å². The Morgan fingerprint density at radius 2 is 1.96 bits per heavy atom. The Labute approximate surface area is 141 Å². The summed E-state index contributed by atoms with van der Waals surface area (Å²) in [5.41, 5.74) is 0.332. The topological polar surface area (TPSA) is 108 Å². The van der Waals surface area contributed by atoms with Gasteiger partial charge in [-0.2, -0.15) is 4.31 Å². The number of aliphatic hydroxyl groups is 1. The lowest BCUT2D eigenvalue weighted by Gasteiger charge is -2.26.